The minimum absolute atomic E-state index is 0.210. The SMILES string of the molecule is C[C@@H]1COCCN1c1cc(C#CC2(O)CC3CCC(C2)N3)c2cnn(-c3ccn[nH]3)c2n1. The molecule has 0 spiro atoms. The Kier molecular flexibility index (Phi) is 4.68. The molecule has 9 nitrogen and oxygen atoms in total. The molecule has 3 aromatic heterocycles. The number of pyridine rings is 1. The highest BCUT2D eigenvalue weighted by molar-refractivity contribution is 5.85. The molecule has 32 heavy (non-hydrogen) atoms. The molecule has 3 aliphatic heterocycles. The van der Waals surface area contributed by atoms with Gasteiger partial charge in [0.05, 0.1) is 37.0 Å². The molecule has 9 heteroatoms. The Bertz CT molecular complexity index is 1180. The summed E-state index contributed by atoms with van der Waals surface area (Å²) in [4.78, 5) is 7.20. The van der Waals surface area contributed by atoms with Crippen molar-refractivity contribution in [3.63, 3.8) is 0 Å². The van der Waals surface area contributed by atoms with Crippen LogP contribution in [0.4, 0.5) is 5.82 Å². The summed E-state index contributed by atoms with van der Waals surface area (Å²) < 4.78 is 7.37. The maximum atomic E-state index is 11.2. The van der Waals surface area contributed by atoms with Crippen molar-refractivity contribution in [3.8, 4) is 17.7 Å². The molecular weight excluding hydrogens is 406 g/mol. The van der Waals surface area contributed by atoms with Gasteiger partial charge in [-0.05, 0) is 25.8 Å². The van der Waals surface area contributed by atoms with Crippen molar-refractivity contribution in [1.82, 2.24) is 30.3 Å². The lowest BCUT2D eigenvalue weighted by Crippen LogP contribution is -2.47. The molecule has 3 fully saturated rings. The van der Waals surface area contributed by atoms with E-state index in [0.717, 1.165) is 42.0 Å². The number of nitrogens with one attached hydrogen (secondary N) is 2. The minimum atomic E-state index is -0.960. The molecule has 6 rings (SSSR count). The summed E-state index contributed by atoms with van der Waals surface area (Å²) in [5, 5.41) is 27.2. The molecule has 3 N–H and O–H groups in total. The second-order valence-corrected chi connectivity index (χ2v) is 9.21. The van der Waals surface area contributed by atoms with Gasteiger partial charge in [0, 0.05) is 43.1 Å². The molecule has 3 atom stereocenters. The number of aromatic amines is 1. The zero-order valence-electron chi connectivity index (χ0n) is 18.1. The average molecular weight is 434 g/mol. The molecule has 2 unspecified atom stereocenters. The Morgan fingerprint density at radius 1 is 1.28 bits per heavy atom. The number of rotatable bonds is 2. The topological polar surface area (TPSA) is 104 Å². The van der Waals surface area contributed by atoms with E-state index in [4.69, 9.17) is 9.72 Å². The predicted octanol–water partition coefficient (Wildman–Crippen LogP) is 1.37. The normalized spacial score (nSPS) is 29.8. The largest absolute Gasteiger partial charge is 0.377 e. The summed E-state index contributed by atoms with van der Waals surface area (Å²) in [6.07, 6.45) is 7.06. The van der Waals surface area contributed by atoms with Gasteiger partial charge in [0.2, 0.25) is 0 Å². The first-order valence-electron chi connectivity index (χ1n) is 11.3. The number of anilines is 1. The van der Waals surface area contributed by atoms with Crippen LogP contribution in [0.1, 0.15) is 38.2 Å². The molecule has 166 valence electrons. The summed E-state index contributed by atoms with van der Waals surface area (Å²) in [6.45, 7) is 4.23. The van der Waals surface area contributed by atoms with E-state index in [-0.39, 0.29) is 6.04 Å². The molecule has 3 aromatic rings. The number of aromatic nitrogens is 5. The Labute approximate surface area is 186 Å². The van der Waals surface area contributed by atoms with Gasteiger partial charge in [-0.25, -0.2) is 4.98 Å². The van der Waals surface area contributed by atoms with E-state index in [0.29, 0.717) is 43.8 Å². The van der Waals surface area contributed by atoms with E-state index in [1.54, 1.807) is 17.1 Å². The fraction of sp³-hybridized carbons (Fsp3) is 0.522. The van der Waals surface area contributed by atoms with E-state index in [1.807, 2.05) is 12.1 Å². The number of aliphatic hydroxyl groups is 1. The standard InChI is InChI=1S/C23H27N7O2/c1-15-14-32-9-8-29(15)21-10-16(4-6-23(31)11-17-2-3-18(12-23)26-17)19-13-25-30(22(19)27-21)20-5-7-24-28-20/h5,7,10,13,15,17-18,26,31H,2-3,8-9,11-12,14H2,1H3,(H,24,28)/t15-,17?,18?,23?/m1/s1. The first kappa shape index (κ1) is 19.7. The van der Waals surface area contributed by atoms with Crippen LogP contribution in [0.15, 0.2) is 24.5 Å². The van der Waals surface area contributed by atoms with Gasteiger partial charge in [-0.15, -0.1) is 0 Å². The fourth-order valence-corrected chi connectivity index (χ4v) is 5.26. The number of piperidine rings is 1. The molecule has 6 heterocycles. The maximum absolute atomic E-state index is 11.2. The second-order valence-electron chi connectivity index (χ2n) is 9.21. The Balaban J connectivity index is 1.45. The number of fused-ring (bicyclic) bond motifs is 3. The lowest BCUT2D eigenvalue weighted by Gasteiger charge is -2.34. The lowest BCUT2D eigenvalue weighted by molar-refractivity contribution is 0.0480. The summed E-state index contributed by atoms with van der Waals surface area (Å²) >= 11 is 0. The third-order valence-corrected chi connectivity index (χ3v) is 6.84. The fourth-order valence-electron chi connectivity index (χ4n) is 5.26. The summed E-state index contributed by atoms with van der Waals surface area (Å²) in [6, 6.07) is 4.81. The number of nitrogens with zero attached hydrogens (tertiary/aromatic N) is 5. The van der Waals surface area contributed by atoms with E-state index in [9.17, 15) is 5.11 Å². The minimum Gasteiger partial charge on any atom is -0.377 e. The van der Waals surface area contributed by atoms with Crippen LogP contribution in [-0.2, 0) is 4.74 Å². The van der Waals surface area contributed by atoms with Gasteiger partial charge in [-0.3, -0.25) is 5.10 Å². The summed E-state index contributed by atoms with van der Waals surface area (Å²) in [5.74, 6) is 8.13. The van der Waals surface area contributed by atoms with E-state index in [2.05, 4.69) is 44.3 Å². The van der Waals surface area contributed by atoms with Gasteiger partial charge in [-0.1, -0.05) is 11.8 Å². The third kappa shape index (κ3) is 3.45. The second kappa shape index (κ2) is 7.59. The van der Waals surface area contributed by atoms with Crippen LogP contribution in [0.5, 0.6) is 0 Å². The molecule has 3 saturated heterocycles. The monoisotopic (exact) mass is 433 g/mol. The first-order valence-corrected chi connectivity index (χ1v) is 11.3. The lowest BCUT2D eigenvalue weighted by atomic mass is 9.88. The molecule has 2 bridgehead atoms. The van der Waals surface area contributed by atoms with Crippen molar-refractivity contribution >= 4 is 16.9 Å². The maximum Gasteiger partial charge on any atom is 0.168 e. The molecule has 0 aromatic carbocycles. The van der Waals surface area contributed by atoms with Gasteiger partial charge >= 0.3 is 0 Å². The Morgan fingerprint density at radius 2 is 2.12 bits per heavy atom. The average Bonchev–Trinajstić information content (AvgIpc) is 3.52. The highest BCUT2D eigenvalue weighted by Crippen LogP contribution is 2.34. The van der Waals surface area contributed by atoms with Crippen molar-refractivity contribution in [2.24, 2.45) is 0 Å². The van der Waals surface area contributed by atoms with E-state index < -0.39 is 5.60 Å². The van der Waals surface area contributed by atoms with E-state index in [1.165, 1.54) is 0 Å². The van der Waals surface area contributed by atoms with Gasteiger partial charge < -0.3 is 20.1 Å². The molecule has 0 amide bonds. The van der Waals surface area contributed by atoms with Gasteiger partial charge in [-0.2, -0.15) is 14.9 Å². The van der Waals surface area contributed by atoms with Crippen LogP contribution in [-0.4, -0.2) is 73.6 Å². The number of hydrogen-bond acceptors (Lipinski definition) is 7. The van der Waals surface area contributed by atoms with Crippen LogP contribution in [0.2, 0.25) is 0 Å². The van der Waals surface area contributed by atoms with Gasteiger partial charge in [0.25, 0.3) is 0 Å². The number of hydrogen-bond donors (Lipinski definition) is 3. The molecular formula is C23H27N7O2. The van der Waals surface area contributed by atoms with Crippen LogP contribution in [0.25, 0.3) is 16.9 Å². The van der Waals surface area contributed by atoms with Crippen molar-refractivity contribution < 1.29 is 9.84 Å². The first-order chi connectivity index (χ1) is 15.6. The van der Waals surface area contributed by atoms with Gasteiger partial charge in [0.1, 0.15) is 11.4 Å². The van der Waals surface area contributed by atoms with Crippen molar-refractivity contribution in [1.29, 1.82) is 0 Å². The van der Waals surface area contributed by atoms with Crippen LogP contribution in [0.3, 0.4) is 0 Å². The Morgan fingerprint density at radius 3 is 2.88 bits per heavy atom. The number of ether oxygens (including phenoxy) is 1. The van der Waals surface area contributed by atoms with Crippen molar-refractivity contribution in [2.45, 2.75) is 56.3 Å². The zero-order valence-corrected chi connectivity index (χ0v) is 18.1. The Hall–Kier alpha value is -2.93. The highest BCUT2D eigenvalue weighted by Gasteiger charge is 2.41. The van der Waals surface area contributed by atoms with Gasteiger partial charge in [0.15, 0.2) is 11.5 Å². The molecule has 0 aliphatic carbocycles. The number of morpholine rings is 1. The van der Waals surface area contributed by atoms with Crippen LogP contribution < -0.4 is 10.2 Å². The van der Waals surface area contributed by atoms with Crippen LogP contribution >= 0.6 is 0 Å². The molecule has 3 aliphatic rings. The zero-order chi connectivity index (χ0) is 21.7. The summed E-state index contributed by atoms with van der Waals surface area (Å²) in [5.41, 5.74) is 0.583. The van der Waals surface area contributed by atoms with Crippen molar-refractivity contribution in [2.75, 3.05) is 24.7 Å². The summed E-state index contributed by atoms with van der Waals surface area (Å²) in [7, 11) is 0. The number of H-pyrrole nitrogens is 1. The third-order valence-electron chi connectivity index (χ3n) is 6.84. The quantitative estimate of drug-likeness (QED) is 0.525. The van der Waals surface area contributed by atoms with E-state index >= 15 is 0 Å². The van der Waals surface area contributed by atoms with Crippen molar-refractivity contribution in [3.05, 3.63) is 30.1 Å². The molecule has 0 radical (unpaired) electrons. The smallest absolute Gasteiger partial charge is 0.168 e. The highest BCUT2D eigenvalue weighted by atomic mass is 16.5. The van der Waals surface area contributed by atoms with Crippen LogP contribution in [0, 0.1) is 11.8 Å². The molecule has 0 saturated carbocycles. The predicted molar refractivity (Wildman–Crippen MR) is 120 cm³/mol.